The summed E-state index contributed by atoms with van der Waals surface area (Å²) in [6.07, 6.45) is -4.67. The SMILES string of the molecule is Cc1c(O)c(C=O)cc([N+](=O)[O-])c1Nc1c(Cl)cc(Cl)cc1C(F)(F)F. The van der Waals surface area contributed by atoms with E-state index in [1.807, 2.05) is 0 Å². The van der Waals surface area contributed by atoms with Crippen LogP contribution in [0.4, 0.5) is 30.2 Å². The molecular weight excluding hydrogens is 400 g/mol. The Labute approximate surface area is 154 Å². The van der Waals surface area contributed by atoms with Gasteiger partial charge in [0.2, 0.25) is 0 Å². The molecule has 0 radical (unpaired) electrons. The number of phenolic OH excluding ortho intramolecular Hbond substituents is 1. The highest BCUT2D eigenvalue weighted by Gasteiger charge is 2.36. The van der Waals surface area contributed by atoms with Crippen molar-refractivity contribution in [2.75, 3.05) is 5.32 Å². The van der Waals surface area contributed by atoms with Crippen molar-refractivity contribution in [2.45, 2.75) is 13.1 Å². The first kappa shape index (κ1) is 19.8. The third kappa shape index (κ3) is 3.68. The minimum atomic E-state index is -4.86. The number of benzene rings is 2. The number of hydrogen-bond donors (Lipinski definition) is 2. The molecule has 0 aliphatic heterocycles. The number of anilines is 2. The Kier molecular flexibility index (Phi) is 5.33. The molecule has 0 fully saturated rings. The third-order valence-corrected chi connectivity index (χ3v) is 4.00. The van der Waals surface area contributed by atoms with E-state index >= 15 is 0 Å². The Balaban J connectivity index is 2.76. The van der Waals surface area contributed by atoms with Crippen molar-refractivity contribution in [3.8, 4) is 5.75 Å². The largest absolute Gasteiger partial charge is 0.507 e. The van der Waals surface area contributed by atoms with E-state index in [1.165, 1.54) is 6.92 Å². The van der Waals surface area contributed by atoms with Gasteiger partial charge in [-0.25, -0.2) is 0 Å². The molecule has 26 heavy (non-hydrogen) atoms. The lowest BCUT2D eigenvalue weighted by Gasteiger charge is -2.18. The number of halogens is 5. The van der Waals surface area contributed by atoms with Crippen molar-refractivity contribution < 1.29 is 28.0 Å². The van der Waals surface area contributed by atoms with Gasteiger partial charge in [-0.1, -0.05) is 23.2 Å². The Bertz CT molecular complexity index is 917. The molecule has 6 nitrogen and oxygen atoms in total. The maximum absolute atomic E-state index is 13.3. The number of aromatic hydroxyl groups is 1. The van der Waals surface area contributed by atoms with Gasteiger partial charge < -0.3 is 10.4 Å². The van der Waals surface area contributed by atoms with E-state index in [9.17, 15) is 33.2 Å². The summed E-state index contributed by atoms with van der Waals surface area (Å²) in [6, 6.07) is 2.38. The van der Waals surface area contributed by atoms with E-state index in [2.05, 4.69) is 5.32 Å². The highest BCUT2D eigenvalue weighted by molar-refractivity contribution is 6.36. The summed E-state index contributed by atoms with van der Waals surface area (Å²) in [5, 5.41) is 22.7. The first-order valence-corrected chi connectivity index (χ1v) is 7.52. The molecule has 0 atom stereocenters. The van der Waals surface area contributed by atoms with Crippen molar-refractivity contribution >= 4 is 46.6 Å². The minimum Gasteiger partial charge on any atom is -0.507 e. The van der Waals surface area contributed by atoms with Gasteiger partial charge in [-0.05, 0) is 19.1 Å². The molecule has 0 saturated carbocycles. The zero-order chi connectivity index (χ0) is 19.8. The lowest BCUT2D eigenvalue weighted by atomic mass is 10.0. The molecule has 2 aromatic carbocycles. The second-order valence-electron chi connectivity index (χ2n) is 5.14. The summed E-state index contributed by atoms with van der Waals surface area (Å²) >= 11 is 11.4. The second-order valence-corrected chi connectivity index (χ2v) is 5.99. The number of nitrogens with zero attached hydrogens (tertiary/aromatic N) is 1. The van der Waals surface area contributed by atoms with Crippen molar-refractivity contribution in [1.82, 2.24) is 0 Å². The first-order chi connectivity index (χ1) is 12.0. The van der Waals surface area contributed by atoms with Crippen molar-refractivity contribution in [2.24, 2.45) is 0 Å². The summed E-state index contributed by atoms with van der Waals surface area (Å²) in [5.74, 6) is -0.605. The van der Waals surface area contributed by atoms with Gasteiger partial charge in [0.05, 0.1) is 26.8 Å². The van der Waals surface area contributed by atoms with Crippen LogP contribution in [0.3, 0.4) is 0 Å². The molecule has 11 heteroatoms. The molecule has 138 valence electrons. The molecule has 0 aromatic heterocycles. The van der Waals surface area contributed by atoms with Crippen LogP contribution in [0, 0.1) is 17.0 Å². The molecule has 0 heterocycles. The Morgan fingerprint density at radius 3 is 2.35 bits per heavy atom. The summed E-state index contributed by atoms with van der Waals surface area (Å²) < 4.78 is 39.8. The van der Waals surface area contributed by atoms with Crippen LogP contribution in [0.1, 0.15) is 21.5 Å². The van der Waals surface area contributed by atoms with Gasteiger partial charge in [0.15, 0.2) is 6.29 Å². The van der Waals surface area contributed by atoms with E-state index in [-0.39, 0.29) is 22.4 Å². The molecule has 2 rings (SSSR count). The Hall–Kier alpha value is -2.52. The molecule has 2 aromatic rings. The van der Waals surface area contributed by atoms with Crippen LogP contribution in [0.5, 0.6) is 5.75 Å². The van der Waals surface area contributed by atoms with Crippen LogP contribution in [0.2, 0.25) is 10.0 Å². The van der Waals surface area contributed by atoms with Crippen LogP contribution in [0.25, 0.3) is 0 Å². The van der Waals surface area contributed by atoms with E-state index in [4.69, 9.17) is 23.2 Å². The number of carbonyl (C=O) groups is 1. The maximum atomic E-state index is 13.3. The number of alkyl halides is 3. The molecule has 0 bridgehead atoms. The number of nitrogens with one attached hydrogen (secondary N) is 1. The fraction of sp³-hybridized carbons (Fsp3) is 0.133. The highest BCUT2D eigenvalue weighted by Crippen LogP contribution is 2.45. The standard InChI is InChI=1S/C15H9Cl2F3N2O4/c1-6-12(11(22(25)26)2-7(5-23)14(6)24)21-13-9(15(18,19)20)3-8(16)4-10(13)17/h2-5,21,24H,1H3. The molecular formula is C15H9Cl2F3N2O4. The van der Waals surface area contributed by atoms with Crippen LogP contribution in [-0.4, -0.2) is 16.3 Å². The number of carbonyl (C=O) groups excluding carboxylic acids is 1. The lowest BCUT2D eigenvalue weighted by Crippen LogP contribution is -2.11. The summed E-state index contributed by atoms with van der Waals surface area (Å²) in [6.45, 7) is 1.20. The fourth-order valence-electron chi connectivity index (χ4n) is 2.26. The lowest BCUT2D eigenvalue weighted by molar-refractivity contribution is -0.384. The normalized spacial score (nSPS) is 11.3. The van der Waals surface area contributed by atoms with Gasteiger partial charge >= 0.3 is 6.18 Å². The topological polar surface area (TPSA) is 92.5 Å². The van der Waals surface area contributed by atoms with Gasteiger partial charge in [-0.15, -0.1) is 0 Å². The number of nitro benzene ring substituents is 1. The van der Waals surface area contributed by atoms with Gasteiger partial charge in [-0.3, -0.25) is 14.9 Å². The number of phenols is 1. The first-order valence-electron chi connectivity index (χ1n) is 6.76. The summed E-state index contributed by atoms with van der Waals surface area (Å²) in [7, 11) is 0. The molecule has 0 aliphatic rings. The minimum absolute atomic E-state index is 0.190. The second kappa shape index (κ2) is 7.00. The van der Waals surface area contributed by atoms with Crippen molar-refractivity contribution in [3.63, 3.8) is 0 Å². The molecule has 0 unspecified atom stereocenters. The number of aldehydes is 1. The van der Waals surface area contributed by atoms with E-state index < -0.39 is 44.5 Å². The quantitative estimate of drug-likeness (QED) is 0.396. The molecule has 0 amide bonds. The third-order valence-electron chi connectivity index (χ3n) is 3.49. The average Bonchev–Trinajstić information content (AvgIpc) is 2.52. The van der Waals surface area contributed by atoms with Gasteiger partial charge in [0.1, 0.15) is 11.4 Å². The van der Waals surface area contributed by atoms with E-state index in [0.717, 1.165) is 12.1 Å². The molecule has 2 N–H and O–H groups in total. The average molecular weight is 409 g/mol. The number of nitro groups is 1. The van der Waals surface area contributed by atoms with E-state index in [1.54, 1.807) is 0 Å². The molecule has 0 spiro atoms. The number of rotatable bonds is 4. The summed E-state index contributed by atoms with van der Waals surface area (Å²) in [5.41, 5.74) is -3.64. The van der Waals surface area contributed by atoms with Gasteiger partial charge in [-0.2, -0.15) is 13.2 Å². The van der Waals surface area contributed by atoms with Crippen LogP contribution in [0.15, 0.2) is 18.2 Å². The Morgan fingerprint density at radius 1 is 1.23 bits per heavy atom. The number of hydrogen-bond acceptors (Lipinski definition) is 5. The van der Waals surface area contributed by atoms with Crippen molar-refractivity contribution in [3.05, 3.63) is 55.0 Å². The van der Waals surface area contributed by atoms with E-state index in [0.29, 0.717) is 6.07 Å². The van der Waals surface area contributed by atoms with Gasteiger partial charge in [0.25, 0.3) is 5.69 Å². The van der Waals surface area contributed by atoms with Crippen LogP contribution < -0.4 is 5.32 Å². The summed E-state index contributed by atoms with van der Waals surface area (Å²) in [4.78, 5) is 21.3. The maximum Gasteiger partial charge on any atom is 0.418 e. The van der Waals surface area contributed by atoms with Gasteiger partial charge in [0, 0.05) is 16.7 Å². The van der Waals surface area contributed by atoms with Crippen LogP contribution in [-0.2, 0) is 6.18 Å². The predicted octanol–water partition coefficient (Wildman–Crippen LogP) is 5.49. The molecule has 0 saturated heterocycles. The highest BCUT2D eigenvalue weighted by atomic mass is 35.5. The smallest absolute Gasteiger partial charge is 0.418 e. The monoisotopic (exact) mass is 408 g/mol. The van der Waals surface area contributed by atoms with Crippen LogP contribution >= 0.6 is 23.2 Å². The Morgan fingerprint density at radius 2 is 1.85 bits per heavy atom. The fourth-order valence-corrected chi connectivity index (χ4v) is 2.80. The molecule has 0 aliphatic carbocycles. The predicted molar refractivity (Wildman–Crippen MR) is 89.6 cm³/mol. The zero-order valence-corrected chi connectivity index (χ0v) is 14.3. The van der Waals surface area contributed by atoms with Crippen molar-refractivity contribution in [1.29, 1.82) is 0 Å². The zero-order valence-electron chi connectivity index (χ0n) is 12.8.